The van der Waals surface area contributed by atoms with Crippen LogP contribution < -0.4 is 4.57 Å². The van der Waals surface area contributed by atoms with Gasteiger partial charge in [-0.2, -0.15) is 5.26 Å². The molecular weight excluding hydrogens is 208 g/mol. The van der Waals surface area contributed by atoms with Gasteiger partial charge in [0.15, 0.2) is 12.4 Å². The van der Waals surface area contributed by atoms with Gasteiger partial charge < -0.3 is 0 Å². The number of aromatic nitrogens is 1. The highest BCUT2D eigenvalue weighted by molar-refractivity contribution is 5.69. The minimum Gasteiger partial charge on any atom is -0.208 e. The molecule has 0 bridgehead atoms. The van der Waals surface area contributed by atoms with Gasteiger partial charge in [0.25, 0.3) is 0 Å². The van der Waals surface area contributed by atoms with Crippen molar-refractivity contribution in [3.8, 4) is 6.07 Å². The Hall–Kier alpha value is -2.40. The first-order valence-corrected chi connectivity index (χ1v) is 5.41. The Morgan fingerprint density at radius 2 is 1.76 bits per heavy atom. The minimum atomic E-state index is 0.687. The van der Waals surface area contributed by atoms with Crippen LogP contribution >= 0.6 is 0 Å². The first-order chi connectivity index (χ1) is 8.28. The summed E-state index contributed by atoms with van der Waals surface area (Å²) >= 11 is 0. The van der Waals surface area contributed by atoms with E-state index in [-0.39, 0.29) is 0 Å². The number of benzene rings is 1. The van der Waals surface area contributed by atoms with Crippen LogP contribution in [-0.2, 0) is 7.05 Å². The van der Waals surface area contributed by atoms with Gasteiger partial charge in [-0.3, -0.25) is 0 Å². The van der Waals surface area contributed by atoms with E-state index in [1.165, 1.54) is 0 Å². The number of rotatable bonds is 2. The summed E-state index contributed by atoms with van der Waals surface area (Å²) in [5, 5.41) is 8.80. The molecular formula is C15H13N2+. The second-order valence-electron chi connectivity index (χ2n) is 3.87. The van der Waals surface area contributed by atoms with Gasteiger partial charge in [-0.1, -0.05) is 24.3 Å². The lowest BCUT2D eigenvalue weighted by atomic mass is 10.1. The molecule has 0 spiro atoms. The fraction of sp³-hybridized carbons (Fsp3) is 0.0667. The van der Waals surface area contributed by atoms with Crippen molar-refractivity contribution in [3.63, 3.8) is 0 Å². The monoisotopic (exact) mass is 221 g/mol. The molecule has 0 saturated heterocycles. The molecule has 0 N–H and O–H groups in total. The van der Waals surface area contributed by atoms with Crippen LogP contribution in [0.5, 0.6) is 0 Å². The lowest BCUT2D eigenvalue weighted by molar-refractivity contribution is -0.671. The summed E-state index contributed by atoms with van der Waals surface area (Å²) in [5.41, 5.74) is 2.87. The summed E-state index contributed by atoms with van der Waals surface area (Å²) in [6.07, 6.45) is 8.06. The summed E-state index contributed by atoms with van der Waals surface area (Å²) < 4.78 is 1.99. The Bertz CT molecular complexity index is 575. The lowest BCUT2D eigenvalue weighted by Gasteiger charge is -1.94. The van der Waals surface area contributed by atoms with Crippen LogP contribution in [0.1, 0.15) is 16.7 Å². The molecule has 1 heterocycles. The number of hydrogen-bond acceptors (Lipinski definition) is 1. The maximum Gasteiger partial charge on any atom is 0.169 e. The molecule has 0 fully saturated rings. The summed E-state index contributed by atoms with van der Waals surface area (Å²) in [4.78, 5) is 0. The predicted molar refractivity (Wildman–Crippen MR) is 67.7 cm³/mol. The zero-order chi connectivity index (χ0) is 12.1. The van der Waals surface area contributed by atoms with Gasteiger partial charge in [-0.15, -0.1) is 0 Å². The van der Waals surface area contributed by atoms with Crippen LogP contribution in [0.2, 0.25) is 0 Å². The smallest absolute Gasteiger partial charge is 0.169 e. The van der Waals surface area contributed by atoms with E-state index in [4.69, 9.17) is 5.26 Å². The third kappa shape index (κ3) is 3.02. The molecule has 0 radical (unpaired) electrons. The van der Waals surface area contributed by atoms with Gasteiger partial charge in [-0.25, -0.2) is 4.57 Å². The van der Waals surface area contributed by atoms with Crippen LogP contribution in [0.4, 0.5) is 0 Å². The molecule has 0 aliphatic carbocycles. The van der Waals surface area contributed by atoms with Gasteiger partial charge in [0, 0.05) is 12.1 Å². The molecule has 82 valence electrons. The van der Waals surface area contributed by atoms with Gasteiger partial charge in [-0.05, 0) is 23.3 Å². The van der Waals surface area contributed by atoms with E-state index < -0.39 is 0 Å². The van der Waals surface area contributed by atoms with Crippen LogP contribution in [0.25, 0.3) is 12.2 Å². The molecule has 1 aromatic heterocycles. The summed E-state index contributed by atoms with van der Waals surface area (Å²) in [7, 11) is 1.99. The van der Waals surface area contributed by atoms with Crippen molar-refractivity contribution in [1.82, 2.24) is 0 Å². The Labute approximate surface area is 101 Å². The zero-order valence-electron chi connectivity index (χ0n) is 9.67. The summed E-state index contributed by atoms with van der Waals surface area (Å²) in [6, 6.07) is 13.8. The number of hydrogen-bond donors (Lipinski definition) is 0. The second-order valence-corrected chi connectivity index (χ2v) is 3.87. The van der Waals surface area contributed by atoms with Crippen LogP contribution in [0.3, 0.4) is 0 Å². The SMILES string of the molecule is C[n+]1ccc(/C=C/c2cccc(C#N)c2)cc1. The average Bonchev–Trinajstić information content (AvgIpc) is 2.38. The van der Waals surface area contributed by atoms with Gasteiger partial charge >= 0.3 is 0 Å². The molecule has 2 nitrogen and oxygen atoms in total. The van der Waals surface area contributed by atoms with Crippen LogP contribution in [-0.4, -0.2) is 0 Å². The van der Waals surface area contributed by atoms with E-state index in [1.54, 1.807) is 6.07 Å². The van der Waals surface area contributed by atoms with Crippen LogP contribution in [0, 0.1) is 11.3 Å². The molecule has 0 aliphatic rings. The Morgan fingerprint density at radius 3 is 2.47 bits per heavy atom. The van der Waals surface area contributed by atoms with E-state index in [0.29, 0.717) is 5.56 Å². The molecule has 0 atom stereocenters. The van der Waals surface area contributed by atoms with Crippen molar-refractivity contribution in [2.75, 3.05) is 0 Å². The maximum atomic E-state index is 8.80. The van der Waals surface area contributed by atoms with Crippen LogP contribution in [0.15, 0.2) is 48.8 Å². The highest BCUT2D eigenvalue weighted by Crippen LogP contribution is 2.09. The Kier molecular flexibility index (Phi) is 3.32. The third-order valence-electron chi connectivity index (χ3n) is 2.49. The fourth-order valence-corrected chi connectivity index (χ4v) is 1.53. The first kappa shape index (κ1) is 11.1. The lowest BCUT2D eigenvalue weighted by Crippen LogP contribution is -2.25. The van der Waals surface area contributed by atoms with E-state index >= 15 is 0 Å². The zero-order valence-corrected chi connectivity index (χ0v) is 9.67. The van der Waals surface area contributed by atoms with Crippen molar-refractivity contribution in [2.24, 2.45) is 7.05 Å². The topological polar surface area (TPSA) is 27.7 Å². The quantitative estimate of drug-likeness (QED) is 0.716. The normalized spacial score (nSPS) is 10.4. The highest BCUT2D eigenvalue weighted by Gasteiger charge is 1.93. The van der Waals surface area contributed by atoms with Crippen molar-refractivity contribution < 1.29 is 4.57 Å². The predicted octanol–water partition coefficient (Wildman–Crippen LogP) is 2.55. The molecule has 17 heavy (non-hydrogen) atoms. The van der Waals surface area contributed by atoms with E-state index in [2.05, 4.69) is 6.07 Å². The molecule has 0 saturated carbocycles. The first-order valence-electron chi connectivity index (χ1n) is 5.41. The minimum absolute atomic E-state index is 0.687. The van der Waals surface area contributed by atoms with Crippen molar-refractivity contribution in [1.29, 1.82) is 5.26 Å². The molecule has 2 rings (SSSR count). The van der Waals surface area contributed by atoms with E-state index in [9.17, 15) is 0 Å². The molecule has 0 unspecified atom stereocenters. The number of nitriles is 1. The molecule has 2 aromatic rings. The van der Waals surface area contributed by atoms with Crippen molar-refractivity contribution >= 4 is 12.2 Å². The Morgan fingerprint density at radius 1 is 1.06 bits per heavy atom. The average molecular weight is 221 g/mol. The number of aryl methyl sites for hydroxylation is 1. The highest BCUT2D eigenvalue weighted by atomic mass is 14.9. The molecule has 0 amide bonds. The summed E-state index contributed by atoms with van der Waals surface area (Å²) in [6.45, 7) is 0. The molecule has 1 aromatic carbocycles. The third-order valence-corrected chi connectivity index (χ3v) is 2.49. The number of pyridine rings is 1. The van der Waals surface area contributed by atoms with E-state index in [0.717, 1.165) is 11.1 Å². The maximum absolute atomic E-state index is 8.80. The molecule has 2 heteroatoms. The van der Waals surface area contributed by atoms with Gasteiger partial charge in [0.1, 0.15) is 7.05 Å². The molecule has 0 aliphatic heterocycles. The second kappa shape index (κ2) is 5.09. The number of nitrogens with zero attached hydrogens (tertiary/aromatic N) is 2. The van der Waals surface area contributed by atoms with Crippen molar-refractivity contribution in [3.05, 3.63) is 65.5 Å². The van der Waals surface area contributed by atoms with Gasteiger partial charge in [0.05, 0.1) is 11.6 Å². The fourth-order valence-electron chi connectivity index (χ4n) is 1.53. The van der Waals surface area contributed by atoms with Crippen molar-refractivity contribution in [2.45, 2.75) is 0 Å². The Balaban J connectivity index is 2.20. The largest absolute Gasteiger partial charge is 0.208 e. The van der Waals surface area contributed by atoms with E-state index in [1.807, 2.05) is 66.5 Å². The summed E-state index contributed by atoms with van der Waals surface area (Å²) in [5.74, 6) is 0. The van der Waals surface area contributed by atoms with Gasteiger partial charge in [0.2, 0.25) is 0 Å². The standard InChI is InChI=1S/C15H13N2/c1-17-9-7-13(8-10-17)5-6-14-3-2-4-15(11-14)12-16/h2-11H,1H3/q+1/b6-5+.